The maximum absolute atomic E-state index is 12.7. The lowest BCUT2D eigenvalue weighted by atomic mass is 9.94. The van der Waals surface area contributed by atoms with Crippen molar-refractivity contribution in [2.24, 2.45) is 5.92 Å². The number of amides is 1. The van der Waals surface area contributed by atoms with Crippen molar-refractivity contribution in [2.45, 2.75) is 25.4 Å². The third-order valence-corrected chi connectivity index (χ3v) is 5.27. The van der Waals surface area contributed by atoms with Crippen LogP contribution in [-0.4, -0.2) is 67.7 Å². The fraction of sp³-hybridized carbons (Fsp3) is 0.706. The SMILES string of the molecule is O=C(c1coc(CN2CCOCC2)c1)N1C[C@@H]2CCCN[C@@H]2C1. The molecule has 6 nitrogen and oxygen atoms in total. The van der Waals surface area contributed by atoms with Gasteiger partial charge in [-0.25, -0.2) is 0 Å². The number of piperidine rings is 1. The highest BCUT2D eigenvalue weighted by Gasteiger charge is 2.36. The third-order valence-electron chi connectivity index (χ3n) is 5.27. The number of furan rings is 1. The van der Waals surface area contributed by atoms with Crippen LogP contribution in [0.4, 0.5) is 0 Å². The van der Waals surface area contributed by atoms with E-state index in [1.165, 1.54) is 12.8 Å². The molecular weight excluding hydrogens is 294 g/mol. The molecule has 4 heterocycles. The zero-order valence-electron chi connectivity index (χ0n) is 13.5. The maximum Gasteiger partial charge on any atom is 0.257 e. The molecule has 3 saturated heterocycles. The van der Waals surface area contributed by atoms with E-state index in [0.717, 1.165) is 58.2 Å². The Balaban J connectivity index is 1.37. The Bertz CT molecular complexity index is 539. The van der Waals surface area contributed by atoms with E-state index < -0.39 is 0 Å². The first-order valence-corrected chi connectivity index (χ1v) is 8.70. The fourth-order valence-electron chi connectivity index (χ4n) is 3.95. The minimum Gasteiger partial charge on any atom is -0.467 e. The first-order chi connectivity index (χ1) is 11.3. The first-order valence-electron chi connectivity index (χ1n) is 8.70. The molecule has 126 valence electrons. The van der Waals surface area contributed by atoms with E-state index in [4.69, 9.17) is 9.15 Å². The molecular formula is C17H25N3O3. The number of nitrogens with zero attached hydrogens (tertiary/aromatic N) is 2. The van der Waals surface area contributed by atoms with E-state index in [1.54, 1.807) is 6.26 Å². The van der Waals surface area contributed by atoms with E-state index in [2.05, 4.69) is 10.2 Å². The largest absolute Gasteiger partial charge is 0.467 e. The zero-order valence-corrected chi connectivity index (χ0v) is 13.5. The average molecular weight is 319 g/mol. The lowest BCUT2D eigenvalue weighted by Crippen LogP contribution is -2.41. The van der Waals surface area contributed by atoms with Gasteiger partial charge in [0.05, 0.1) is 25.3 Å². The van der Waals surface area contributed by atoms with Gasteiger partial charge in [0.1, 0.15) is 12.0 Å². The number of hydrogen-bond acceptors (Lipinski definition) is 5. The number of carbonyl (C=O) groups is 1. The number of ether oxygens (including phenoxy) is 1. The van der Waals surface area contributed by atoms with Crippen molar-refractivity contribution < 1.29 is 13.9 Å². The maximum atomic E-state index is 12.7. The number of rotatable bonds is 3. The molecule has 0 bridgehead atoms. The second-order valence-corrected chi connectivity index (χ2v) is 6.86. The molecule has 6 heteroatoms. The summed E-state index contributed by atoms with van der Waals surface area (Å²) in [6, 6.07) is 2.39. The molecule has 0 aromatic carbocycles. The number of nitrogens with one attached hydrogen (secondary N) is 1. The molecule has 0 aliphatic carbocycles. The fourth-order valence-corrected chi connectivity index (χ4v) is 3.95. The topological polar surface area (TPSA) is 58.0 Å². The molecule has 4 rings (SSSR count). The zero-order chi connectivity index (χ0) is 15.6. The molecule has 1 amide bonds. The smallest absolute Gasteiger partial charge is 0.257 e. The standard InChI is InChI=1S/C17H25N3O3/c21-17(20-9-13-2-1-3-18-16(13)11-20)14-8-15(23-12-14)10-19-4-6-22-7-5-19/h8,12-13,16,18H,1-7,9-11H2/t13-,16+/m0/s1. The summed E-state index contributed by atoms with van der Waals surface area (Å²) in [6.45, 7) is 6.93. The van der Waals surface area contributed by atoms with Gasteiger partial charge in [0.25, 0.3) is 5.91 Å². The minimum absolute atomic E-state index is 0.109. The van der Waals surface area contributed by atoms with E-state index in [-0.39, 0.29) is 5.91 Å². The first kappa shape index (κ1) is 15.2. The van der Waals surface area contributed by atoms with Crippen LogP contribution in [0.25, 0.3) is 0 Å². The molecule has 0 unspecified atom stereocenters. The van der Waals surface area contributed by atoms with Crippen molar-refractivity contribution in [1.29, 1.82) is 0 Å². The van der Waals surface area contributed by atoms with Crippen LogP contribution in [0.1, 0.15) is 29.0 Å². The molecule has 3 aliphatic rings. The van der Waals surface area contributed by atoms with Crippen LogP contribution in [-0.2, 0) is 11.3 Å². The van der Waals surface area contributed by atoms with Crippen molar-refractivity contribution >= 4 is 5.91 Å². The number of morpholine rings is 1. The predicted molar refractivity (Wildman–Crippen MR) is 85.2 cm³/mol. The number of likely N-dealkylation sites (tertiary alicyclic amines) is 1. The Hall–Kier alpha value is -1.37. The van der Waals surface area contributed by atoms with Crippen LogP contribution < -0.4 is 5.32 Å². The van der Waals surface area contributed by atoms with Gasteiger partial charge in [-0.3, -0.25) is 9.69 Å². The van der Waals surface area contributed by atoms with Crippen LogP contribution >= 0.6 is 0 Å². The van der Waals surface area contributed by atoms with Crippen LogP contribution in [0.5, 0.6) is 0 Å². The van der Waals surface area contributed by atoms with E-state index >= 15 is 0 Å². The van der Waals surface area contributed by atoms with E-state index in [9.17, 15) is 4.79 Å². The Labute approximate surface area is 136 Å². The van der Waals surface area contributed by atoms with E-state index in [1.807, 2.05) is 11.0 Å². The van der Waals surface area contributed by atoms with Gasteiger partial charge in [-0.15, -0.1) is 0 Å². The van der Waals surface area contributed by atoms with Gasteiger partial charge >= 0.3 is 0 Å². The summed E-state index contributed by atoms with van der Waals surface area (Å²) in [5, 5.41) is 3.54. The quantitative estimate of drug-likeness (QED) is 0.898. The van der Waals surface area contributed by atoms with Crippen molar-refractivity contribution in [3.63, 3.8) is 0 Å². The molecule has 1 N–H and O–H groups in total. The summed E-state index contributed by atoms with van der Waals surface area (Å²) in [6.07, 6.45) is 4.07. The Morgan fingerprint density at radius 2 is 2.17 bits per heavy atom. The van der Waals surface area contributed by atoms with Gasteiger partial charge in [-0.05, 0) is 31.4 Å². The highest BCUT2D eigenvalue weighted by atomic mass is 16.5. The second kappa shape index (κ2) is 6.63. The second-order valence-electron chi connectivity index (χ2n) is 6.86. The van der Waals surface area contributed by atoms with Crippen LogP contribution in [0, 0.1) is 5.92 Å². The third kappa shape index (κ3) is 3.29. The molecule has 23 heavy (non-hydrogen) atoms. The van der Waals surface area contributed by atoms with Crippen LogP contribution in [0.3, 0.4) is 0 Å². The van der Waals surface area contributed by atoms with Gasteiger partial charge < -0.3 is 19.4 Å². The Kier molecular flexibility index (Phi) is 4.37. The monoisotopic (exact) mass is 319 g/mol. The summed E-state index contributed by atoms with van der Waals surface area (Å²) in [5.74, 6) is 1.59. The molecule has 3 aliphatic heterocycles. The van der Waals surface area contributed by atoms with Gasteiger partial charge in [0, 0.05) is 32.2 Å². The van der Waals surface area contributed by atoms with Gasteiger partial charge in [-0.2, -0.15) is 0 Å². The number of fused-ring (bicyclic) bond motifs is 1. The summed E-state index contributed by atoms with van der Waals surface area (Å²) in [5.41, 5.74) is 0.687. The van der Waals surface area contributed by atoms with Crippen LogP contribution in [0.2, 0.25) is 0 Å². The summed E-state index contributed by atoms with van der Waals surface area (Å²) in [4.78, 5) is 17.0. The summed E-state index contributed by atoms with van der Waals surface area (Å²) < 4.78 is 11.0. The highest BCUT2D eigenvalue weighted by molar-refractivity contribution is 5.94. The summed E-state index contributed by atoms with van der Waals surface area (Å²) in [7, 11) is 0. The predicted octanol–water partition coefficient (Wildman–Crippen LogP) is 0.936. The van der Waals surface area contributed by atoms with Gasteiger partial charge in [0.15, 0.2) is 0 Å². The Morgan fingerprint density at radius 1 is 1.30 bits per heavy atom. The van der Waals surface area contributed by atoms with Crippen molar-refractivity contribution in [3.05, 3.63) is 23.7 Å². The van der Waals surface area contributed by atoms with Crippen molar-refractivity contribution in [1.82, 2.24) is 15.1 Å². The minimum atomic E-state index is 0.109. The van der Waals surface area contributed by atoms with Crippen molar-refractivity contribution in [3.8, 4) is 0 Å². The number of carbonyl (C=O) groups excluding carboxylic acids is 1. The molecule has 0 saturated carbocycles. The molecule has 1 aromatic heterocycles. The molecule has 2 atom stereocenters. The Morgan fingerprint density at radius 3 is 3.00 bits per heavy atom. The molecule has 0 spiro atoms. The van der Waals surface area contributed by atoms with Gasteiger partial charge in [-0.1, -0.05) is 0 Å². The van der Waals surface area contributed by atoms with Gasteiger partial charge in [0.2, 0.25) is 0 Å². The lowest BCUT2D eigenvalue weighted by molar-refractivity contribution is 0.0313. The lowest BCUT2D eigenvalue weighted by Gasteiger charge is -2.25. The molecule has 3 fully saturated rings. The number of hydrogen-bond donors (Lipinski definition) is 1. The highest BCUT2D eigenvalue weighted by Crippen LogP contribution is 2.26. The average Bonchev–Trinajstić information content (AvgIpc) is 3.21. The molecule has 1 aromatic rings. The molecule has 0 radical (unpaired) electrons. The van der Waals surface area contributed by atoms with E-state index in [0.29, 0.717) is 17.5 Å². The van der Waals surface area contributed by atoms with Crippen LogP contribution in [0.15, 0.2) is 16.7 Å². The van der Waals surface area contributed by atoms with Crippen molar-refractivity contribution in [2.75, 3.05) is 45.9 Å². The normalized spacial score (nSPS) is 28.8. The summed E-state index contributed by atoms with van der Waals surface area (Å²) >= 11 is 0.